The van der Waals surface area contributed by atoms with Crippen molar-refractivity contribution in [1.29, 1.82) is 0 Å². The van der Waals surface area contributed by atoms with Crippen molar-refractivity contribution in [3.8, 4) is 0 Å². The van der Waals surface area contributed by atoms with Crippen LogP contribution >= 0.6 is 0 Å². The maximum atomic E-state index is 13.3. The number of hydrogen-bond donors (Lipinski definition) is 2. The highest BCUT2D eigenvalue weighted by Gasteiger charge is 2.32. The Morgan fingerprint density at radius 2 is 1.68 bits per heavy atom. The van der Waals surface area contributed by atoms with Crippen LogP contribution in [0.4, 0.5) is 0 Å². The van der Waals surface area contributed by atoms with Crippen LogP contribution in [-0.2, 0) is 21.2 Å². The summed E-state index contributed by atoms with van der Waals surface area (Å²) in [6, 6.07) is 15.0. The Morgan fingerprint density at radius 1 is 1.00 bits per heavy atom. The fourth-order valence-electron chi connectivity index (χ4n) is 4.58. The minimum absolute atomic E-state index is 0.100. The lowest BCUT2D eigenvalue weighted by Gasteiger charge is -2.34. The lowest BCUT2D eigenvalue weighted by atomic mass is 9.94. The van der Waals surface area contributed by atoms with Gasteiger partial charge in [0.2, 0.25) is 15.9 Å². The Balaban J connectivity index is 1.52. The Labute approximate surface area is 202 Å². The van der Waals surface area contributed by atoms with E-state index in [1.807, 2.05) is 30.3 Å². The van der Waals surface area contributed by atoms with Crippen LogP contribution in [0.2, 0.25) is 0 Å². The lowest BCUT2D eigenvalue weighted by molar-refractivity contribution is -0.123. The van der Waals surface area contributed by atoms with Gasteiger partial charge in [-0.2, -0.15) is 4.31 Å². The molecule has 0 aromatic heterocycles. The number of benzene rings is 2. The summed E-state index contributed by atoms with van der Waals surface area (Å²) in [7, 11) is -3.71. The minimum Gasteiger partial charge on any atom is -0.352 e. The van der Waals surface area contributed by atoms with E-state index in [0.29, 0.717) is 19.5 Å². The van der Waals surface area contributed by atoms with Crippen LogP contribution < -0.4 is 10.6 Å². The van der Waals surface area contributed by atoms with Crippen LogP contribution in [0.3, 0.4) is 0 Å². The number of nitrogens with one attached hydrogen (secondary N) is 2. The highest BCUT2D eigenvalue weighted by Crippen LogP contribution is 2.27. The van der Waals surface area contributed by atoms with E-state index in [-0.39, 0.29) is 34.2 Å². The molecule has 2 N–H and O–H groups in total. The number of carbonyl (C=O) groups excluding carboxylic acids is 2. The molecule has 4 rings (SSSR count). The number of hydrogen-bond acceptors (Lipinski definition) is 4. The molecule has 1 aliphatic heterocycles. The van der Waals surface area contributed by atoms with Crippen LogP contribution in [0.25, 0.3) is 0 Å². The van der Waals surface area contributed by atoms with Gasteiger partial charge < -0.3 is 10.6 Å². The summed E-state index contributed by atoms with van der Waals surface area (Å²) >= 11 is 0. The van der Waals surface area contributed by atoms with Gasteiger partial charge in [0.1, 0.15) is 6.04 Å². The minimum atomic E-state index is -3.71. The van der Waals surface area contributed by atoms with Crippen LogP contribution in [0.1, 0.15) is 49.0 Å². The molecule has 1 saturated carbocycles. The summed E-state index contributed by atoms with van der Waals surface area (Å²) < 4.78 is 28.1. The van der Waals surface area contributed by atoms with E-state index in [9.17, 15) is 18.0 Å². The van der Waals surface area contributed by atoms with Gasteiger partial charge in [-0.3, -0.25) is 9.59 Å². The van der Waals surface area contributed by atoms with Gasteiger partial charge in [0.25, 0.3) is 5.91 Å². The van der Waals surface area contributed by atoms with E-state index in [2.05, 4.69) is 24.5 Å². The van der Waals surface area contributed by atoms with Crippen molar-refractivity contribution in [3.63, 3.8) is 0 Å². The molecule has 1 aliphatic carbocycles. The van der Waals surface area contributed by atoms with Crippen molar-refractivity contribution in [2.24, 2.45) is 11.8 Å². The highest BCUT2D eigenvalue weighted by molar-refractivity contribution is 7.89. The predicted molar refractivity (Wildman–Crippen MR) is 131 cm³/mol. The van der Waals surface area contributed by atoms with Gasteiger partial charge in [0.15, 0.2) is 0 Å². The number of nitrogens with zero attached hydrogens (tertiary/aromatic N) is 1. The second kappa shape index (κ2) is 10.3. The van der Waals surface area contributed by atoms with Gasteiger partial charge in [-0.1, -0.05) is 50.2 Å². The molecule has 182 valence electrons. The fraction of sp³-hybridized carbons (Fsp3) is 0.462. The van der Waals surface area contributed by atoms with Gasteiger partial charge >= 0.3 is 0 Å². The van der Waals surface area contributed by atoms with Crippen molar-refractivity contribution in [1.82, 2.24) is 14.9 Å². The van der Waals surface area contributed by atoms with Crippen molar-refractivity contribution in [2.45, 2.75) is 56.5 Å². The first-order valence-corrected chi connectivity index (χ1v) is 13.4. The summed E-state index contributed by atoms with van der Waals surface area (Å²) in [5.74, 6) is -0.119. The third-order valence-electron chi connectivity index (χ3n) is 6.40. The largest absolute Gasteiger partial charge is 0.352 e. The summed E-state index contributed by atoms with van der Waals surface area (Å²) in [5, 5.41) is 5.79. The topological polar surface area (TPSA) is 95.6 Å². The normalized spacial score (nSPS) is 22.1. The maximum absolute atomic E-state index is 13.3. The van der Waals surface area contributed by atoms with Crippen LogP contribution in [0, 0.1) is 11.8 Å². The van der Waals surface area contributed by atoms with Crippen LogP contribution in [0.5, 0.6) is 0 Å². The smallest absolute Gasteiger partial charge is 0.251 e. The van der Waals surface area contributed by atoms with E-state index in [4.69, 9.17) is 0 Å². The zero-order chi connectivity index (χ0) is 24.3. The number of sulfonamides is 1. The molecule has 1 heterocycles. The van der Waals surface area contributed by atoms with Gasteiger partial charge in [0, 0.05) is 31.1 Å². The van der Waals surface area contributed by atoms with Gasteiger partial charge in [-0.15, -0.1) is 0 Å². The standard InChI is InChI=1S/C26H33N3O4S/c1-18-13-19(2)17-29(16-18)34(32,33)23-10-6-9-21(15-23)25(30)28-24(26(31)27-22-11-12-22)14-20-7-4-3-5-8-20/h3-10,15,18-19,22,24H,11-14,16-17H2,1-2H3,(H,27,31)(H,28,30). The first kappa shape index (κ1) is 24.4. The highest BCUT2D eigenvalue weighted by atomic mass is 32.2. The molecule has 7 nitrogen and oxygen atoms in total. The molecule has 8 heteroatoms. The first-order chi connectivity index (χ1) is 16.2. The van der Waals surface area contributed by atoms with E-state index < -0.39 is 22.0 Å². The number of rotatable bonds is 8. The van der Waals surface area contributed by atoms with E-state index >= 15 is 0 Å². The summed E-state index contributed by atoms with van der Waals surface area (Å²) in [4.78, 5) is 26.0. The fourth-order valence-corrected chi connectivity index (χ4v) is 6.30. The summed E-state index contributed by atoms with van der Waals surface area (Å²) in [6.07, 6.45) is 3.25. The quantitative estimate of drug-likeness (QED) is 0.603. The second-order valence-electron chi connectivity index (χ2n) is 9.79. The SMILES string of the molecule is CC1CC(C)CN(S(=O)(=O)c2cccc(C(=O)NC(Cc3ccccc3)C(=O)NC3CC3)c2)C1. The maximum Gasteiger partial charge on any atom is 0.251 e. The molecule has 0 spiro atoms. The molecule has 1 saturated heterocycles. The van der Waals surface area contributed by atoms with E-state index in [0.717, 1.165) is 24.8 Å². The van der Waals surface area contributed by atoms with Gasteiger partial charge in [0.05, 0.1) is 4.90 Å². The van der Waals surface area contributed by atoms with Crippen molar-refractivity contribution in [2.75, 3.05) is 13.1 Å². The zero-order valence-electron chi connectivity index (χ0n) is 19.7. The molecule has 0 radical (unpaired) electrons. The molecule has 2 aromatic carbocycles. The van der Waals surface area contributed by atoms with E-state index in [1.165, 1.54) is 16.4 Å². The molecule has 34 heavy (non-hydrogen) atoms. The molecule has 2 aliphatic rings. The lowest BCUT2D eigenvalue weighted by Crippen LogP contribution is -2.48. The van der Waals surface area contributed by atoms with Crippen LogP contribution in [-0.4, -0.2) is 49.7 Å². The average Bonchev–Trinajstić information content (AvgIpc) is 3.62. The molecule has 3 atom stereocenters. The molecule has 3 unspecified atom stereocenters. The monoisotopic (exact) mass is 483 g/mol. The number of amides is 2. The Hall–Kier alpha value is -2.71. The Kier molecular flexibility index (Phi) is 7.38. The molecule has 0 bridgehead atoms. The third kappa shape index (κ3) is 6.04. The van der Waals surface area contributed by atoms with Crippen LogP contribution in [0.15, 0.2) is 59.5 Å². The van der Waals surface area contributed by atoms with Crippen molar-refractivity contribution < 1.29 is 18.0 Å². The van der Waals surface area contributed by atoms with E-state index in [1.54, 1.807) is 12.1 Å². The molecule has 2 aromatic rings. The molecular formula is C26H33N3O4S. The summed E-state index contributed by atoms with van der Waals surface area (Å²) in [5.41, 5.74) is 1.15. The number of piperidine rings is 1. The molecule has 2 fully saturated rings. The molecular weight excluding hydrogens is 450 g/mol. The van der Waals surface area contributed by atoms with Gasteiger partial charge in [-0.25, -0.2) is 8.42 Å². The number of carbonyl (C=O) groups is 2. The zero-order valence-corrected chi connectivity index (χ0v) is 20.6. The van der Waals surface area contributed by atoms with Crippen molar-refractivity contribution >= 4 is 21.8 Å². The Morgan fingerprint density at radius 3 is 2.32 bits per heavy atom. The Bertz CT molecular complexity index is 1120. The average molecular weight is 484 g/mol. The van der Waals surface area contributed by atoms with Crippen molar-refractivity contribution in [3.05, 3.63) is 65.7 Å². The molecule has 2 amide bonds. The third-order valence-corrected chi connectivity index (χ3v) is 8.23. The first-order valence-electron chi connectivity index (χ1n) is 12.0. The predicted octanol–water partition coefficient (Wildman–Crippen LogP) is 2.97. The second-order valence-corrected chi connectivity index (χ2v) is 11.7. The summed E-state index contributed by atoms with van der Waals surface area (Å²) in [6.45, 7) is 5.07. The van der Waals surface area contributed by atoms with Gasteiger partial charge in [-0.05, 0) is 54.9 Å².